The molecule has 5 rings (SSSR count). The van der Waals surface area contributed by atoms with Crippen LogP contribution in [0.15, 0.2) is 72.8 Å². The van der Waals surface area contributed by atoms with Gasteiger partial charge >= 0.3 is 6.09 Å². The maximum absolute atomic E-state index is 13.5. The number of hydrogen-bond acceptors (Lipinski definition) is 5. The van der Waals surface area contributed by atoms with Gasteiger partial charge in [-0.05, 0) is 101 Å². The molecule has 1 saturated carbocycles. The number of nitrogens with one attached hydrogen (secondary N) is 3. The van der Waals surface area contributed by atoms with Gasteiger partial charge in [0.05, 0.1) is 7.11 Å². The number of ether oxygens (including phenoxy) is 1. The van der Waals surface area contributed by atoms with Crippen molar-refractivity contribution in [2.75, 3.05) is 24.3 Å². The summed E-state index contributed by atoms with van der Waals surface area (Å²) < 4.78 is 4.72. The summed E-state index contributed by atoms with van der Waals surface area (Å²) in [5.74, 6) is 0.165. The van der Waals surface area contributed by atoms with E-state index in [1.807, 2.05) is 38.1 Å². The highest BCUT2D eigenvalue weighted by Crippen LogP contribution is 2.54. The highest BCUT2D eigenvalue weighted by atomic mass is 16.5. The number of methoxy groups -OCH3 is 1. The van der Waals surface area contributed by atoms with Crippen LogP contribution in [0, 0.1) is 5.92 Å². The molecule has 0 spiro atoms. The standard InChI is InChI=1S/C40H50N4O5/c1-25(2)36(43-39(48)49-6)38(47)44-23-7-8-34(44)37(46)42-31-19-13-27(14-20-31)33-22-21-32(26-11-17-30(18-12-26)41-24-45)35(33)28-9-15-29(16-10-28)40(3,4)5/h9-20,24-25,32-36H,7-8,21-23H2,1-6H3,(H,41,45)(H,42,46)(H,43,48)/t32?,33?,34-,35?,36-/m0/s1. The SMILES string of the molecule is COC(=O)N[C@H](C(=O)N1CCC[C@H]1C(=O)Nc1ccc(C2CCC(c3ccc(NC=O)cc3)C2c2ccc(C(C)(C)C)cc2)cc1)C(C)C. The second-order valence-electron chi connectivity index (χ2n) is 14.7. The molecular weight excluding hydrogens is 616 g/mol. The third-order valence-corrected chi connectivity index (χ3v) is 10.2. The van der Waals surface area contributed by atoms with Crippen molar-refractivity contribution in [1.29, 1.82) is 0 Å². The van der Waals surface area contributed by atoms with Crippen molar-refractivity contribution in [2.45, 2.75) is 95.6 Å². The van der Waals surface area contributed by atoms with Crippen LogP contribution in [0.4, 0.5) is 16.2 Å². The van der Waals surface area contributed by atoms with Gasteiger partial charge in [-0.1, -0.05) is 83.1 Å². The minimum Gasteiger partial charge on any atom is -0.453 e. The van der Waals surface area contributed by atoms with Crippen molar-refractivity contribution in [3.63, 3.8) is 0 Å². The van der Waals surface area contributed by atoms with E-state index in [9.17, 15) is 19.2 Å². The Labute approximate surface area is 290 Å². The summed E-state index contributed by atoms with van der Waals surface area (Å²) >= 11 is 0. The molecule has 1 heterocycles. The van der Waals surface area contributed by atoms with Gasteiger partial charge in [0, 0.05) is 17.9 Å². The van der Waals surface area contributed by atoms with E-state index in [0.717, 1.165) is 18.5 Å². The molecule has 9 nitrogen and oxygen atoms in total. The maximum atomic E-state index is 13.5. The first-order chi connectivity index (χ1) is 23.4. The zero-order valence-electron chi connectivity index (χ0n) is 29.5. The molecule has 3 aromatic rings. The van der Waals surface area contributed by atoms with Crippen molar-refractivity contribution in [3.8, 4) is 0 Å². The van der Waals surface area contributed by atoms with Gasteiger partial charge in [-0.15, -0.1) is 0 Å². The topological polar surface area (TPSA) is 117 Å². The van der Waals surface area contributed by atoms with Crippen LogP contribution in [0.1, 0.15) is 100 Å². The van der Waals surface area contributed by atoms with Crippen LogP contribution in [0.2, 0.25) is 0 Å². The van der Waals surface area contributed by atoms with E-state index in [1.165, 1.54) is 29.4 Å². The summed E-state index contributed by atoms with van der Waals surface area (Å²) in [5.41, 5.74) is 6.60. The summed E-state index contributed by atoms with van der Waals surface area (Å²) in [6.45, 7) is 10.8. The number of hydrogen-bond donors (Lipinski definition) is 3. The van der Waals surface area contributed by atoms with Gasteiger partial charge in [-0.3, -0.25) is 14.4 Å². The first-order valence-electron chi connectivity index (χ1n) is 17.4. The molecule has 0 radical (unpaired) electrons. The minimum atomic E-state index is -0.779. The first kappa shape index (κ1) is 35.6. The Hall–Kier alpha value is -4.66. The van der Waals surface area contributed by atoms with Gasteiger partial charge in [-0.2, -0.15) is 0 Å². The maximum Gasteiger partial charge on any atom is 0.407 e. The van der Waals surface area contributed by atoms with Gasteiger partial charge in [0.2, 0.25) is 18.2 Å². The van der Waals surface area contributed by atoms with Crippen LogP contribution in [-0.2, 0) is 24.5 Å². The fourth-order valence-electron chi connectivity index (χ4n) is 7.53. The molecule has 1 aliphatic carbocycles. The summed E-state index contributed by atoms with van der Waals surface area (Å²) in [6, 6.07) is 24.0. The van der Waals surface area contributed by atoms with Crippen LogP contribution in [0.25, 0.3) is 0 Å². The lowest BCUT2D eigenvalue weighted by atomic mass is 9.76. The van der Waals surface area contributed by atoms with Gasteiger partial charge in [0.1, 0.15) is 12.1 Å². The van der Waals surface area contributed by atoms with Crippen molar-refractivity contribution < 1.29 is 23.9 Å². The zero-order valence-corrected chi connectivity index (χ0v) is 29.5. The van der Waals surface area contributed by atoms with Gasteiger partial charge in [-0.25, -0.2) is 4.79 Å². The Morgan fingerprint density at radius 1 is 0.816 bits per heavy atom. The lowest BCUT2D eigenvalue weighted by molar-refractivity contribution is -0.139. The number of alkyl carbamates (subject to hydrolysis) is 1. The van der Waals surface area contributed by atoms with Crippen LogP contribution in [0.5, 0.6) is 0 Å². The van der Waals surface area contributed by atoms with Crippen LogP contribution < -0.4 is 16.0 Å². The third kappa shape index (κ3) is 8.15. The fraction of sp³-hybridized carbons (Fsp3) is 0.450. The molecule has 1 saturated heterocycles. The van der Waals surface area contributed by atoms with E-state index >= 15 is 0 Å². The van der Waals surface area contributed by atoms with Gasteiger partial charge < -0.3 is 25.6 Å². The predicted molar refractivity (Wildman–Crippen MR) is 193 cm³/mol. The summed E-state index contributed by atoms with van der Waals surface area (Å²) in [6.07, 6.45) is 3.35. The number of rotatable bonds is 10. The molecule has 0 bridgehead atoms. The quantitative estimate of drug-likeness (QED) is 0.196. The van der Waals surface area contributed by atoms with Crippen LogP contribution in [-0.4, -0.2) is 55.0 Å². The third-order valence-electron chi connectivity index (χ3n) is 10.2. The molecule has 49 heavy (non-hydrogen) atoms. The van der Waals surface area contributed by atoms with Crippen molar-refractivity contribution in [2.24, 2.45) is 5.92 Å². The molecule has 3 N–H and O–H groups in total. The lowest BCUT2D eigenvalue weighted by Crippen LogP contribution is -2.54. The van der Waals surface area contributed by atoms with E-state index in [4.69, 9.17) is 4.74 Å². The van der Waals surface area contributed by atoms with Gasteiger partial charge in [0.15, 0.2) is 0 Å². The molecule has 5 atom stereocenters. The molecule has 4 amide bonds. The molecule has 9 heteroatoms. The van der Waals surface area contributed by atoms with E-state index in [-0.39, 0.29) is 35.0 Å². The molecule has 1 aliphatic heterocycles. The number of carbonyl (C=O) groups excluding carboxylic acids is 4. The Balaban J connectivity index is 1.34. The number of carbonyl (C=O) groups is 4. The Morgan fingerprint density at radius 2 is 1.37 bits per heavy atom. The highest BCUT2D eigenvalue weighted by Gasteiger charge is 2.40. The molecule has 0 aromatic heterocycles. The largest absolute Gasteiger partial charge is 0.453 e. The molecule has 2 fully saturated rings. The molecule has 260 valence electrons. The molecule has 3 unspecified atom stereocenters. The summed E-state index contributed by atoms with van der Waals surface area (Å²) in [4.78, 5) is 51.4. The lowest BCUT2D eigenvalue weighted by Gasteiger charge is -2.30. The monoisotopic (exact) mass is 666 g/mol. The number of benzene rings is 3. The number of amides is 4. The average Bonchev–Trinajstić information content (AvgIpc) is 3.76. The number of anilines is 2. The van der Waals surface area contributed by atoms with Crippen molar-refractivity contribution in [3.05, 3.63) is 95.1 Å². The minimum absolute atomic E-state index is 0.0631. The van der Waals surface area contributed by atoms with E-state index in [1.54, 1.807) is 4.90 Å². The zero-order chi connectivity index (χ0) is 35.3. The van der Waals surface area contributed by atoms with E-state index < -0.39 is 18.2 Å². The predicted octanol–water partition coefficient (Wildman–Crippen LogP) is 7.31. The van der Waals surface area contributed by atoms with Crippen molar-refractivity contribution in [1.82, 2.24) is 10.2 Å². The Kier molecular flexibility index (Phi) is 11.1. The molecular formula is C40H50N4O5. The van der Waals surface area contributed by atoms with E-state index in [0.29, 0.717) is 37.4 Å². The molecule has 2 aliphatic rings. The highest BCUT2D eigenvalue weighted by molar-refractivity contribution is 5.98. The van der Waals surface area contributed by atoms with Crippen LogP contribution in [0.3, 0.4) is 0 Å². The van der Waals surface area contributed by atoms with Gasteiger partial charge in [0.25, 0.3) is 0 Å². The summed E-state index contributed by atoms with van der Waals surface area (Å²) in [7, 11) is 1.26. The number of nitrogens with zero attached hydrogens (tertiary/aromatic N) is 1. The first-order valence-corrected chi connectivity index (χ1v) is 17.4. The van der Waals surface area contributed by atoms with E-state index in [2.05, 4.69) is 85.3 Å². The smallest absolute Gasteiger partial charge is 0.407 e. The van der Waals surface area contributed by atoms with Crippen LogP contribution >= 0.6 is 0 Å². The Bertz CT molecular complexity index is 1610. The van der Waals surface area contributed by atoms with Crippen molar-refractivity contribution >= 4 is 35.7 Å². The summed E-state index contributed by atoms with van der Waals surface area (Å²) in [5, 5.41) is 8.41. The molecule has 3 aromatic carbocycles. The fourth-order valence-corrected chi connectivity index (χ4v) is 7.53. The average molecular weight is 667 g/mol. The number of likely N-dealkylation sites (tertiary alicyclic amines) is 1. The second-order valence-corrected chi connectivity index (χ2v) is 14.7. The second kappa shape index (κ2) is 15.3. The Morgan fingerprint density at radius 3 is 1.88 bits per heavy atom. The normalized spacial score (nSPS) is 21.2.